The van der Waals surface area contributed by atoms with E-state index < -0.39 is 6.04 Å². The van der Waals surface area contributed by atoms with Gasteiger partial charge in [0, 0.05) is 6.54 Å². The van der Waals surface area contributed by atoms with Gasteiger partial charge < -0.3 is 11.1 Å². The van der Waals surface area contributed by atoms with Gasteiger partial charge in [-0.1, -0.05) is 31.9 Å². The SMILES string of the molecule is CCCC[C@H](N)C(=O)NCc1ccc(F)cc1. The highest BCUT2D eigenvalue weighted by atomic mass is 19.1. The highest BCUT2D eigenvalue weighted by Crippen LogP contribution is 2.03. The molecule has 0 radical (unpaired) electrons. The van der Waals surface area contributed by atoms with Crippen LogP contribution < -0.4 is 11.1 Å². The molecule has 0 saturated heterocycles. The predicted octanol–water partition coefficient (Wildman–Crippen LogP) is 1.96. The van der Waals surface area contributed by atoms with E-state index in [0.29, 0.717) is 13.0 Å². The summed E-state index contributed by atoms with van der Waals surface area (Å²) in [4.78, 5) is 11.6. The maximum Gasteiger partial charge on any atom is 0.237 e. The van der Waals surface area contributed by atoms with E-state index in [-0.39, 0.29) is 11.7 Å². The third-order valence-electron chi connectivity index (χ3n) is 2.59. The van der Waals surface area contributed by atoms with E-state index in [1.54, 1.807) is 12.1 Å². The number of carbonyl (C=O) groups is 1. The Morgan fingerprint density at radius 2 is 2.06 bits per heavy atom. The monoisotopic (exact) mass is 238 g/mol. The third kappa shape index (κ3) is 4.95. The molecule has 1 atom stereocenters. The van der Waals surface area contributed by atoms with Gasteiger partial charge in [-0.3, -0.25) is 4.79 Å². The predicted molar refractivity (Wildman–Crippen MR) is 65.7 cm³/mol. The molecule has 0 heterocycles. The van der Waals surface area contributed by atoms with Crippen molar-refractivity contribution in [3.63, 3.8) is 0 Å². The van der Waals surface area contributed by atoms with Crippen LogP contribution in [0.15, 0.2) is 24.3 Å². The molecule has 0 aliphatic heterocycles. The normalized spacial score (nSPS) is 12.2. The van der Waals surface area contributed by atoms with Crippen LogP contribution in [0.1, 0.15) is 31.7 Å². The van der Waals surface area contributed by atoms with Gasteiger partial charge in [0.25, 0.3) is 0 Å². The summed E-state index contributed by atoms with van der Waals surface area (Å²) in [5.74, 6) is -0.428. The van der Waals surface area contributed by atoms with Crippen molar-refractivity contribution < 1.29 is 9.18 Å². The molecule has 0 saturated carbocycles. The summed E-state index contributed by atoms with van der Waals surface area (Å²) in [6, 6.07) is 5.59. The average molecular weight is 238 g/mol. The first-order valence-electron chi connectivity index (χ1n) is 5.91. The average Bonchev–Trinajstić information content (AvgIpc) is 2.34. The largest absolute Gasteiger partial charge is 0.351 e. The number of unbranched alkanes of at least 4 members (excludes halogenated alkanes) is 1. The number of benzene rings is 1. The minimum absolute atomic E-state index is 0.150. The second-order valence-electron chi connectivity index (χ2n) is 4.09. The van der Waals surface area contributed by atoms with Crippen molar-refractivity contribution in [1.29, 1.82) is 0 Å². The molecule has 0 spiro atoms. The number of nitrogens with one attached hydrogen (secondary N) is 1. The van der Waals surface area contributed by atoms with Crippen LogP contribution in [-0.2, 0) is 11.3 Å². The fourth-order valence-corrected chi connectivity index (χ4v) is 1.48. The van der Waals surface area contributed by atoms with Gasteiger partial charge in [-0.05, 0) is 24.1 Å². The first kappa shape index (κ1) is 13.6. The molecule has 3 nitrogen and oxygen atoms in total. The summed E-state index contributed by atoms with van der Waals surface area (Å²) in [6.07, 6.45) is 2.68. The number of halogens is 1. The zero-order valence-electron chi connectivity index (χ0n) is 10.1. The van der Waals surface area contributed by atoms with Crippen LogP contribution in [-0.4, -0.2) is 11.9 Å². The summed E-state index contributed by atoms with van der Waals surface area (Å²) >= 11 is 0. The lowest BCUT2D eigenvalue weighted by Gasteiger charge is -2.11. The fraction of sp³-hybridized carbons (Fsp3) is 0.462. The van der Waals surface area contributed by atoms with Crippen LogP contribution in [0.4, 0.5) is 4.39 Å². The van der Waals surface area contributed by atoms with Crippen LogP contribution in [0.25, 0.3) is 0 Å². The molecule has 0 aromatic heterocycles. The van der Waals surface area contributed by atoms with E-state index in [9.17, 15) is 9.18 Å². The van der Waals surface area contributed by atoms with E-state index in [1.807, 2.05) is 0 Å². The lowest BCUT2D eigenvalue weighted by molar-refractivity contribution is -0.122. The van der Waals surface area contributed by atoms with Crippen molar-refractivity contribution in [1.82, 2.24) is 5.32 Å². The molecular formula is C13H19FN2O. The maximum atomic E-state index is 12.6. The molecule has 0 bridgehead atoms. The van der Waals surface area contributed by atoms with Crippen molar-refractivity contribution in [3.05, 3.63) is 35.6 Å². The van der Waals surface area contributed by atoms with Crippen LogP contribution in [0.2, 0.25) is 0 Å². The molecule has 0 aliphatic carbocycles. The van der Waals surface area contributed by atoms with Crippen molar-refractivity contribution >= 4 is 5.91 Å². The highest BCUT2D eigenvalue weighted by Gasteiger charge is 2.11. The second kappa shape index (κ2) is 7.01. The zero-order chi connectivity index (χ0) is 12.7. The Kier molecular flexibility index (Phi) is 5.63. The van der Waals surface area contributed by atoms with Gasteiger partial charge >= 0.3 is 0 Å². The molecule has 0 aliphatic rings. The fourth-order valence-electron chi connectivity index (χ4n) is 1.48. The quantitative estimate of drug-likeness (QED) is 0.796. The summed E-state index contributed by atoms with van der Waals surface area (Å²) in [5, 5.41) is 2.74. The van der Waals surface area contributed by atoms with E-state index >= 15 is 0 Å². The molecule has 1 aromatic carbocycles. The number of hydrogen-bond donors (Lipinski definition) is 2. The molecule has 0 unspecified atom stereocenters. The molecule has 94 valence electrons. The molecule has 3 N–H and O–H groups in total. The van der Waals surface area contributed by atoms with E-state index in [1.165, 1.54) is 12.1 Å². The Labute approximate surface area is 101 Å². The van der Waals surface area contributed by atoms with Crippen LogP contribution >= 0.6 is 0 Å². The minimum Gasteiger partial charge on any atom is -0.351 e. The van der Waals surface area contributed by atoms with Crippen molar-refractivity contribution in [3.8, 4) is 0 Å². The Morgan fingerprint density at radius 1 is 1.41 bits per heavy atom. The van der Waals surface area contributed by atoms with Crippen LogP contribution in [0, 0.1) is 5.82 Å². The number of nitrogens with two attached hydrogens (primary N) is 1. The molecular weight excluding hydrogens is 219 g/mol. The maximum absolute atomic E-state index is 12.6. The molecule has 4 heteroatoms. The first-order valence-corrected chi connectivity index (χ1v) is 5.91. The standard InChI is InChI=1S/C13H19FN2O/c1-2-3-4-12(15)13(17)16-9-10-5-7-11(14)8-6-10/h5-8,12H,2-4,9,15H2,1H3,(H,16,17)/t12-/m0/s1. The van der Waals surface area contributed by atoms with E-state index in [4.69, 9.17) is 5.73 Å². The first-order chi connectivity index (χ1) is 8.13. The van der Waals surface area contributed by atoms with Crippen molar-refractivity contribution in [2.75, 3.05) is 0 Å². The molecule has 17 heavy (non-hydrogen) atoms. The molecule has 1 amide bonds. The summed E-state index contributed by atoms with van der Waals surface area (Å²) in [5.41, 5.74) is 6.58. The van der Waals surface area contributed by atoms with Gasteiger partial charge in [-0.15, -0.1) is 0 Å². The zero-order valence-corrected chi connectivity index (χ0v) is 10.1. The lowest BCUT2D eigenvalue weighted by atomic mass is 10.1. The van der Waals surface area contributed by atoms with Gasteiger partial charge in [0.15, 0.2) is 0 Å². The van der Waals surface area contributed by atoms with Crippen LogP contribution in [0.3, 0.4) is 0 Å². The lowest BCUT2D eigenvalue weighted by Crippen LogP contribution is -2.40. The van der Waals surface area contributed by atoms with Crippen LogP contribution in [0.5, 0.6) is 0 Å². The topological polar surface area (TPSA) is 55.1 Å². The molecule has 1 aromatic rings. The number of carbonyl (C=O) groups excluding carboxylic acids is 1. The summed E-state index contributed by atoms with van der Waals surface area (Å²) in [7, 11) is 0. The minimum atomic E-state index is -0.449. The van der Waals surface area contributed by atoms with Crippen molar-refractivity contribution in [2.45, 2.75) is 38.8 Å². The molecule has 0 fully saturated rings. The molecule has 1 rings (SSSR count). The Bertz CT molecular complexity index is 351. The summed E-state index contributed by atoms with van der Waals surface area (Å²) in [6.45, 7) is 2.45. The van der Waals surface area contributed by atoms with E-state index in [2.05, 4.69) is 12.2 Å². The Hall–Kier alpha value is -1.42. The second-order valence-corrected chi connectivity index (χ2v) is 4.09. The Balaban J connectivity index is 2.34. The smallest absolute Gasteiger partial charge is 0.237 e. The van der Waals surface area contributed by atoms with Gasteiger partial charge in [0.05, 0.1) is 6.04 Å². The van der Waals surface area contributed by atoms with E-state index in [0.717, 1.165) is 18.4 Å². The highest BCUT2D eigenvalue weighted by molar-refractivity contribution is 5.81. The van der Waals surface area contributed by atoms with Gasteiger partial charge in [0.1, 0.15) is 5.82 Å². The summed E-state index contributed by atoms with van der Waals surface area (Å²) < 4.78 is 12.6. The Morgan fingerprint density at radius 3 is 2.65 bits per heavy atom. The van der Waals surface area contributed by atoms with Gasteiger partial charge in [-0.25, -0.2) is 4.39 Å². The van der Waals surface area contributed by atoms with Gasteiger partial charge in [-0.2, -0.15) is 0 Å². The number of amides is 1. The van der Waals surface area contributed by atoms with Gasteiger partial charge in [0.2, 0.25) is 5.91 Å². The number of hydrogen-bond acceptors (Lipinski definition) is 2. The number of rotatable bonds is 6. The third-order valence-corrected chi connectivity index (χ3v) is 2.59. The van der Waals surface area contributed by atoms with Crippen molar-refractivity contribution in [2.24, 2.45) is 5.73 Å².